The highest BCUT2D eigenvalue weighted by molar-refractivity contribution is 5.64. The maximum absolute atomic E-state index is 10.5. The topological polar surface area (TPSA) is 67.8 Å². The largest absolute Gasteiger partial charge is 0.465 e. The fourth-order valence-corrected chi connectivity index (χ4v) is 1.75. The van der Waals surface area contributed by atoms with Gasteiger partial charge in [0.25, 0.3) is 0 Å². The minimum absolute atomic E-state index is 0.110. The monoisotopic (exact) mass is 203 g/mol. The predicted molar refractivity (Wildman–Crippen MR) is 50.4 cm³/mol. The van der Waals surface area contributed by atoms with Gasteiger partial charge in [-0.2, -0.15) is 0 Å². The van der Waals surface area contributed by atoms with Gasteiger partial charge in [0.05, 0.1) is 12.6 Å². The van der Waals surface area contributed by atoms with Crippen molar-refractivity contribution in [2.75, 3.05) is 26.9 Å². The molecule has 0 aromatic heterocycles. The molecule has 0 bridgehead atoms. The number of hydrogen-bond donors (Lipinski definition) is 2. The number of carboxylic acid groups (broad SMARTS) is 1. The molecule has 1 aliphatic rings. The van der Waals surface area contributed by atoms with Crippen molar-refractivity contribution in [2.24, 2.45) is 5.92 Å². The normalized spacial score (nSPS) is 20.4. The summed E-state index contributed by atoms with van der Waals surface area (Å²) in [6.45, 7) is 1.86. The van der Waals surface area contributed by atoms with Gasteiger partial charge in [-0.1, -0.05) is 0 Å². The van der Waals surface area contributed by atoms with Gasteiger partial charge in [-0.05, 0) is 18.8 Å². The van der Waals surface area contributed by atoms with Crippen LogP contribution in [-0.2, 0) is 9.47 Å². The lowest BCUT2D eigenvalue weighted by molar-refractivity contribution is 0.0378. The van der Waals surface area contributed by atoms with Gasteiger partial charge in [-0.15, -0.1) is 0 Å². The van der Waals surface area contributed by atoms with Crippen LogP contribution in [0.4, 0.5) is 4.79 Å². The third-order valence-electron chi connectivity index (χ3n) is 2.49. The van der Waals surface area contributed by atoms with Gasteiger partial charge >= 0.3 is 6.09 Å². The first kappa shape index (κ1) is 11.3. The zero-order valence-electron chi connectivity index (χ0n) is 8.36. The van der Waals surface area contributed by atoms with E-state index in [1.807, 2.05) is 0 Å². The second-order valence-electron chi connectivity index (χ2n) is 3.46. The molecule has 1 atom stereocenters. The van der Waals surface area contributed by atoms with Crippen LogP contribution in [0.5, 0.6) is 0 Å². The predicted octanol–water partition coefficient (Wildman–Crippen LogP) is 0.696. The molecule has 0 aliphatic carbocycles. The Morgan fingerprint density at radius 2 is 2.29 bits per heavy atom. The Bertz CT molecular complexity index is 180. The highest BCUT2D eigenvalue weighted by atomic mass is 16.5. The van der Waals surface area contributed by atoms with Crippen molar-refractivity contribution < 1.29 is 19.4 Å². The molecular weight excluding hydrogens is 186 g/mol. The van der Waals surface area contributed by atoms with Gasteiger partial charge in [0.2, 0.25) is 0 Å². The van der Waals surface area contributed by atoms with E-state index in [-0.39, 0.29) is 6.04 Å². The van der Waals surface area contributed by atoms with E-state index in [0.29, 0.717) is 25.7 Å². The summed E-state index contributed by atoms with van der Waals surface area (Å²) in [5.74, 6) is 0.333. The van der Waals surface area contributed by atoms with Gasteiger partial charge in [-0.3, -0.25) is 0 Å². The minimum atomic E-state index is -0.987. The maximum Gasteiger partial charge on any atom is 0.404 e. The smallest absolute Gasteiger partial charge is 0.404 e. The van der Waals surface area contributed by atoms with Gasteiger partial charge in [0, 0.05) is 20.3 Å². The van der Waals surface area contributed by atoms with E-state index in [2.05, 4.69) is 5.32 Å². The van der Waals surface area contributed by atoms with E-state index < -0.39 is 6.09 Å². The van der Waals surface area contributed by atoms with Crippen molar-refractivity contribution in [3.05, 3.63) is 0 Å². The molecule has 2 N–H and O–H groups in total. The first-order valence-electron chi connectivity index (χ1n) is 4.80. The van der Waals surface area contributed by atoms with E-state index in [1.54, 1.807) is 7.11 Å². The van der Waals surface area contributed by atoms with Crippen molar-refractivity contribution >= 4 is 6.09 Å². The summed E-state index contributed by atoms with van der Waals surface area (Å²) in [5.41, 5.74) is 0. The van der Waals surface area contributed by atoms with Crippen LogP contribution in [0.25, 0.3) is 0 Å². The molecule has 1 amide bonds. The quantitative estimate of drug-likeness (QED) is 0.705. The Balaban J connectivity index is 2.42. The lowest BCUT2D eigenvalue weighted by Gasteiger charge is -2.29. The van der Waals surface area contributed by atoms with Crippen LogP contribution < -0.4 is 5.32 Å². The Hall–Kier alpha value is -0.810. The van der Waals surface area contributed by atoms with Crippen LogP contribution >= 0.6 is 0 Å². The summed E-state index contributed by atoms with van der Waals surface area (Å²) in [5, 5.41) is 11.1. The standard InChI is InChI=1S/C9H17NO4/c1-13-6-8(10-9(11)12)7-2-4-14-5-3-7/h7-8,10H,2-6H2,1H3,(H,11,12). The molecule has 14 heavy (non-hydrogen) atoms. The fraction of sp³-hybridized carbons (Fsp3) is 0.889. The molecule has 1 unspecified atom stereocenters. The van der Waals surface area contributed by atoms with Crippen LogP contribution in [0.1, 0.15) is 12.8 Å². The average molecular weight is 203 g/mol. The summed E-state index contributed by atoms with van der Waals surface area (Å²) < 4.78 is 10.2. The van der Waals surface area contributed by atoms with Crippen molar-refractivity contribution in [1.29, 1.82) is 0 Å². The number of nitrogens with one attached hydrogen (secondary N) is 1. The van der Waals surface area contributed by atoms with Crippen LogP contribution in [0.2, 0.25) is 0 Å². The van der Waals surface area contributed by atoms with Crippen molar-refractivity contribution in [1.82, 2.24) is 5.32 Å². The second-order valence-corrected chi connectivity index (χ2v) is 3.46. The Kier molecular flexibility index (Phi) is 4.69. The highest BCUT2D eigenvalue weighted by Crippen LogP contribution is 2.18. The molecule has 0 spiro atoms. The van der Waals surface area contributed by atoms with Gasteiger partial charge in [0.15, 0.2) is 0 Å². The lowest BCUT2D eigenvalue weighted by atomic mass is 9.92. The number of hydrogen-bond acceptors (Lipinski definition) is 3. The Morgan fingerprint density at radius 1 is 1.64 bits per heavy atom. The third kappa shape index (κ3) is 3.51. The van der Waals surface area contributed by atoms with E-state index in [1.165, 1.54) is 0 Å². The SMILES string of the molecule is COCC(NC(=O)O)C1CCOCC1. The van der Waals surface area contributed by atoms with Gasteiger partial charge < -0.3 is 19.9 Å². The van der Waals surface area contributed by atoms with Crippen molar-refractivity contribution in [2.45, 2.75) is 18.9 Å². The Morgan fingerprint density at radius 3 is 2.79 bits per heavy atom. The molecule has 5 nitrogen and oxygen atoms in total. The van der Waals surface area contributed by atoms with Gasteiger partial charge in [0.1, 0.15) is 0 Å². The van der Waals surface area contributed by atoms with Crippen LogP contribution in [0, 0.1) is 5.92 Å². The zero-order chi connectivity index (χ0) is 10.4. The summed E-state index contributed by atoms with van der Waals surface area (Å²) in [6.07, 6.45) is 0.807. The molecular formula is C9H17NO4. The second kappa shape index (κ2) is 5.82. The summed E-state index contributed by atoms with van der Waals surface area (Å²) in [7, 11) is 1.58. The molecule has 82 valence electrons. The number of rotatable bonds is 4. The van der Waals surface area contributed by atoms with Crippen LogP contribution in [-0.4, -0.2) is 44.2 Å². The lowest BCUT2D eigenvalue weighted by Crippen LogP contribution is -2.44. The minimum Gasteiger partial charge on any atom is -0.465 e. The molecule has 0 aromatic rings. The zero-order valence-corrected chi connectivity index (χ0v) is 8.36. The van der Waals surface area contributed by atoms with E-state index in [0.717, 1.165) is 12.8 Å². The van der Waals surface area contributed by atoms with Gasteiger partial charge in [-0.25, -0.2) is 4.79 Å². The molecule has 1 fully saturated rings. The average Bonchev–Trinajstić information content (AvgIpc) is 2.18. The number of carbonyl (C=O) groups is 1. The van der Waals surface area contributed by atoms with Crippen molar-refractivity contribution in [3.8, 4) is 0 Å². The van der Waals surface area contributed by atoms with Crippen LogP contribution in [0.15, 0.2) is 0 Å². The van der Waals surface area contributed by atoms with E-state index >= 15 is 0 Å². The van der Waals surface area contributed by atoms with E-state index in [4.69, 9.17) is 14.6 Å². The number of amides is 1. The molecule has 1 aliphatic heterocycles. The summed E-state index contributed by atoms with van der Waals surface area (Å²) in [6, 6.07) is -0.110. The molecule has 5 heteroatoms. The maximum atomic E-state index is 10.5. The Labute approximate surface area is 83.4 Å². The molecule has 1 rings (SSSR count). The highest BCUT2D eigenvalue weighted by Gasteiger charge is 2.25. The summed E-state index contributed by atoms with van der Waals surface area (Å²) in [4.78, 5) is 10.5. The van der Waals surface area contributed by atoms with Crippen LogP contribution in [0.3, 0.4) is 0 Å². The fourth-order valence-electron chi connectivity index (χ4n) is 1.75. The molecule has 1 heterocycles. The number of ether oxygens (including phenoxy) is 2. The molecule has 1 saturated heterocycles. The first-order chi connectivity index (χ1) is 6.74. The molecule has 0 radical (unpaired) electrons. The van der Waals surface area contributed by atoms with E-state index in [9.17, 15) is 4.79 Å². The molecule has 0 aromatic carbocycles. The van der Waals surface area contributed by atoms with Crippen molar-refractivity contribution in [3.63, 3.8) is 0 Å². The third-order valence-corrected chi connectivity index (χ3v) is 2.49. The first-order valence-corrected chi connectivity index (χ1v) is 4.80. The molecule has 0 saturated carbocycles. The number of methoxy groups -OCH3 is 1. The summed E-state index contributed by atoms with van der Waals surface area (Å²) >= 11 is 0.